The second kappa shape index (κ2) is 6.39. The third kappa shape index (κ3) is 3.59. The van der Waals surface area contributed by atoms with Gasteiger partial charge in [0.25, 0.3) is 0 Å². The van der Waals surface area contributed by atoms with E-state index in [4.69, 9.17) is 11.6 Å². The number of aromatic nitrogens is 1. The molecule has 0 N–H and O–H groups in total. The number of nitrogens with zero attached hydrogens (tertiary/aromatic N) is 3. The van der Waals surface area contributed by atoms with E-state index in [1.165, 1.54) is 6.54 Å². The van der Waals surface area contributed by atoms with Gasteiger partial charge in [-0.15, -0.1) is 11.6 Å². The van der Waals surface area contributed by atoms with E-state index in [1.54, 1.807) is 0 Å². The lowest BCUT2D eigenvalue weighted by Gasteiger charge is -2.36. The van der Waals surface area contributed by atoms with Gasteiger partial charge in [0.15, 0.2) is 0 Å². The van der Waals surface area contributed by atoms with Gasteiger partial charge in [0.1, 0.15) is 5.82 Å². The van der Waals surface area contributed by atoms with Gasteiger partial charge in [-0.05, 0) is 23.6 Å². The first-order valence-corrected chi connectivity index (χ1v) is 7.20. The number of anilines is 1. The molecule has 1 aliphatic heterocycles. The Morgan fingerprint density at radius 1 is 1.28 bits per heavy atom. The Hall–Kier alpha value is -0.800. The van der Waals surface area contributed by atoms with Crippen molar-refractivity contribution in [1.29, 1.82) is 0 Å². The zero-order valence-corrected chi connectivity index (χ0v) is 12.0. The maximum atomic E-state index is 5.86. The summed E-state index contributed by atoms with van der Waals surface area (Å²) in [7, 11) is 0. The molecule has 4 heteroatoms. The second-order valence-electron chi connectivity index (χ2n) is 5.34. The highest BCUT2D eigenvalue weighted by Crippen LogP contribution is 2.16. The molecule has 18 heavy (non-hydrogen) atoms. The average molecular weight is 268 g/mol. The molecule has 0 spiro atoms. The van der Waals surface area contributed by atoms with Gasteiger partial charge in [-0.3, -0.25) is 4.90 Å². The molecule has 2 heterocycles. The molecule has 0 aromatic carbocycles. The third-order valence-electron chi connectivity index (χ3n) is 3.28. The van der Waals surface area contributed by atoms with Crippen molar-refractivity contribution in [2.24, 2.45) is 5.92 Å². The van der Waals surface area contributed by atoms with Crippen LogP contribution in [0.15, 0.2) is 18.3 Å². The van der Waals surface area contributed by atoms with Crippen molar-refractivity contribution in [3.63, 3.8) is 0 Å². The normalized spacial score (nSPS) is 17.4. The summed E-state index contributed by atoms with van der Waals surface area (Å²) in [5.41, 5.74) is 1.14. The highest BCUT2D eigenvalue weighted by atomic mass is 35.5. The maximum Gasteiger partial charge on any atom is 0.128 e. The standard InChI is InChI=1S/C14H22ClN3/c1-12(2)11-17-5-7-18(8-6-17)14-9-13(10-15)3-4-16-14/h3-4,9,12H,5-8,10-11H2,1-2H3. The van der Waals surface area contributed by atoms with E-state index < -0.39 is 0 Å². The fourth-order valence-corrected chi connectivity index (χ4v) is 2.56. The van der Waals surface area contributed by atoms with Gasteiger partial charge >= 0.3 is 0 Å². The summed E-state index contributed by atoms with van der Waals surface area (Å²) >= 11 is 5.86. The summed E-state index contributed by atoms with van der Waals surface area (Å²) in [6.45, 7) is 10.1. The molecule has 1 aromatic rings. The van der Waals surface area contributed by atoms with E-state index in [0.717, 1.165) is 43.5 Å². The van der Waals surface area contributed by atoms with Crippen molar-refractivity contribution in [3.8, 4) is 0 Å². The smallest absolute Gasteiger partial charge is 0.128 e. The summed E-state index contributed by atoms with van der Waals surface area (Å²) in [4.78, 5) is 9.33. The lowest BCUT2D eigenvalue weighted by molar-refractivity contribution is 0.231. The fraction of sp³-hybridized carbons (Fsp3) is 0.643. The molecule has 3 nitrogen and oxygen atoms in total. The zero-order chi connectivity index (χ0) is 13.0. The van der Waals surface area contributed by atoms with Crippen LogP contribution in [0.1, 0.15) is 19.4 Å². The Labute approximate surface area is 115 Å². The first-order chi connectivity index (χ1) is 8.69. The highest BCUT2D eigenvalue weighted by Gasteiger charge is 2.18. The van der Waals surface area contributed by atoms with E-state index in [0.29, 0.717) is 5.88 Å². The molecule has 0 radical (unpaired) electrons. The number of halogens is 1. The minimum Gasteiger partial charge on any atom is -0.354 e. The molecule has 0 unspecified atom stereocenters. The molecule has 0 atom stereocenters. The predicted molar refractivity (Wildman–Crippen MR) is 77.3 cm³/mol. The van der Waals surface area contributed by atoms with Crippen LogP contribution in [0.5, 0.6) is 0 Å². The monoisotopic (exact) mass is 267 g/mol. The molecule has 1 fully saturated rings. The molecule has 1 aromatic heterocycles. The lowest BCUT2D eigenvalue weighted by Crippen LogP contribution is -2.47. The van der Waals surface area contributed by atoms with Crippen LogP contribution in [0.3, 0.4) is 0 Å². The summed E-state index contributed by atoms with van der Waals surface area (Å²) in [5.74, 6) is 2.37. The Bertz CT molecular complexity index is 373. The minimum absolute atomic E-state index is 0.558. The van der Waals surface area contributed by atoms with Gasteiger partial charge in [0, 0.05) is 44.8 Å². The van der Waals surface area contributed by atoms with E-state index in [9.17, 15) is 0 Å². The van der Waals surface area contributed by atoms with Crippen molar-refractivity contribution in [2.75, 3.05) is 37.6 Å². The van der Waals surface area contributed by atoms with Crippen molar-refractivity contribution >= 4 is 17.4 Å². The van der Waals surface area contributed by atoms with Gasteiger partial charge in [-0.25, -0.2) is 4.98 Å². The average Bonchev–Trinajstić information content (AvgIpc) is 2.39. The number of rotatable bonds is 4. The fourth-order valence-electron chi connectivity index (χ4n) is 2.39. The summed E-state index contributed by atoms with van der Waals surface area (Å²) in [5, 5.41) is 0. The number of pyridine rings is 1. The van der Waals surface area contributed by atoms with Gasteiger partial charge < -0.3 is 4.90 Å². The highest BCUT2D eigenvalue weighted by molar-refractivity contribution is 6.17. The van der Waals surface area contributed by atoms with E-state index in [-0.39, 0.29) is 0 Å². The van der Waals surface area contributed by atoms with Crippen LogP contribution in [0.2, 0.25) is 0 Å². The van der Waals surface area contributed by atoms with Crippen molar-refractivity contribution in [1.82, 2.24) is 9.88 Å². The Kier molecular flexibility index (Phi) is 4.84. The Balaban J connectivity index is 1.92. The molecule has 0 aliphatic carbocycles. The topological polar surface area (TPSA) is 19.4 Å². The SMILES string of the molecule is CC(C)CN1CCN(c2cc(CCl)ccn2)CC1. The Morgan fingerprint density at radius 3 is 2.61 bits per heavy atom. The van der Waals surface area contributed by atoms with E-state index in [1.807, 2.05) is 12.3 Å². The van der Waals surface area contributed by atoms with Crippen molar-refractivity contribution < 1.29 is 0 Å². The van der Waals surface area contributed by atoms with Crippen LogP contribution < -0.4 is 4.90 Å². The summed E-state index contributed by atoms with van der Waals surface area (Å²) in [6, 6.07) is 4.08. The van der Waals surface area contributed by atoms with Gasteiger partial charge in [0.05, 0.1) is 0 Å². The largest absolute Gasteiger partial charge is 0.354 e. The number of alkyl halides is 1. The lowest BCUT2D eigenvalue weighted by atomic mass is 10.2. The molecular formula is C14H22ClN3. The maximum absolute atomic E-state index is 5.86. The van der Waals surface area contributed by atoms with Crippen LogP contribution >= 0.6 is 11.6 Å². The van der Waals surface area contributed by atoms with Crippen LogP contribution in [0.25, 0.3) is 0 Å². The van der Waals surface area contributed by atoms with E-state index >= 15 is 0 Å². The molecule has 0 bridgehead atoms. The second-order valence-corrected chi connectivity index (χ2v) is 5.60. The summed E-state index contributed by atoms with van der Waals surface area (Å²) in [6.07, 6.45) is 1.85. The molecule has 100 valence electrons. The minimum atomic E-state index is 0.558. The van der Waals surface area contributed by atoms with E-state index in [2.05, 4.69) is 34.7 Å². The van der Waals surface area contributed by atoms with Gasteiger partial charge in [-0.1, -0.05) is 13.8 Å². The first kappa shape index (κ1) is 13.6. The summed E-state index contributed by atoms with van der Waals surface area (Å²) < 4.78 is 0. The zero-order valence-electron chi connectivity index (χ0n) is 11.3. The Morgan fingerprint density at radius 2 is 2.00 bits per heavy atom. The molecule has 1 aliphatic rings. The molecule has 1 saturated heterocycles. The predicted octanol–water partition coefficient (Wildman–Crippen LogP) is 2.60. The van der Waals surface area contributed by atoms with Crippen molar-refractivity contribution in [3.05, 3.63) is 23.9 Å². The molecule has 0 amide bonds. The van der Waals surface area contributed by atoms with Gasteiger partial charge in [0.2, 0.25) is 0 Å². The van der Waals surface area contributed by atoms with Crippen LogP contribution in [0, 0.1) is 5.92 Å². The van der Waals surface area contributed by atoms with Crippen LogP contribution in [-0.4, -0.2) is 42.6 Å². The molecular weight excluding hydrogens is 246 g/mol. The van der Waals surface area contributed by atoms with Gasteiger partial charge in [-0.2, -0.15) is 0 Å². The number of hydrogen-bond acceptors (Lipinski definition) is 3. The van der Waals surface area contributed by atoms with Crippen LogP contribution in [-0.2, 0) is 5.88 Å². The molecule has 2 rings (SSSR count). The molecule has 0 saturated carbocycles. The van der Waals surface area contributed by atoms with Crippen molar-refractivity contribution in [2.45, 2.75) is 19.7 Å². The van der Waals surface area contributed by atoms with Crippen LogP contribution in [0.4, 0.5) is 5.82 Å². The number of piperazine rings is 1. The number of hydrogen-bond donors (Lipinski definition) is 0. The quantitative estimate of drug-likeness (QED) is 0.782. The first-order valence-electron chi connectivity index (χ1n) is 6.67. The third-order valence-corrected chi connectivity index (χ3v) is 3.59.